The van der Waals surface area contributed by atoms with Gasteiger partial charge in [0.1, 0.15) is 0 Å². The quantitative estimate of drug-likeness (QED) is 0.100. The third kappa shape index (κ3) is 8.67. The Morgan fingerprint density at radius 1 is 0.407 bits per heavy atom. The summed E-state index contributed by atoms with van der Waals surface area (Å²) in [4.78, 5) is 5.07. The molecule has 6 aliphatic carbocycles. The molecule has 86 heavy (non-hydrogen) atoms. The predicted octanol–water partition coefficient (Wildman–Crippen LogP) is 23.0. The van der Waals surface area contributed by atoms with E-state index in [0.717, 1.165) is 11.8 Å². The lowest BCUT2D eigenvalue weighted by atomic mass is 9.42. The molecule has 6 aliphatic rings. The molecule has 0 radical (unpaired) electrons. The van der Waals surface area contributed by atoms with Gasteiger partial charge in [-0.25, -0.2) is 0 Å². The van der Waals surface area contributed by atoms with E-state index in [-0.39, 0.29) is 21.7 Å². The van der Waals surface area contributed by atoms with Crippen molar-refractivity contribution in [3.63, 3.8) is 0 Å². The average molecular weight is 1180 g/mol. The molecule has 9 aromatic rings. The minimum absolute atomic E-state index is 0.00524. The van der Waals surface area contributed by atoms with Crippen molar-refractivity contribution in [2.75, 3.05) is 9.80 Å². The zero-order valence-corrected chi connectivity index (χ0v) is 57.2. The molecule has 0 aliphatic heterocycles. The van der Waals surface area contributed by atoms with Gasteiger partial charge >= 0.3 is 0 Å². The minimum atomic E-state index is -1.55. The molecule has 1 spiro atoms. The Morgan fingerprint density at radius 2 is 0.826 bits per heavy atom. The van der Waals surface area contributed by atoms with Crippen molar-refractivity contribution < 1.29 is 0 Å². The third-order valence-electron chi connectivity index (χ3n) is 24.0. The van der Waals surface area contributed by atoms with Crippen molar-refractivity contribution in [3.05, 3.63) is 191 Å². The summed E-state index contributed by atoms with van der Waals surface area (Å²) in [6, 6.07) is 72.0. The van der Waals surface area contributed by atoms with Crippen LogP contribution < -0.4 is 20.2 Å². The first-order valence-corrected chi connectivity index (χ1v) is 39.7. The molecule has 4 fully saturated rings. The maximum absolute atomic E-state index is 2.77. The lowest BCUT2D eigenvalue weighted by Gasteiger charge is -2.61. The van der Waals surface area contributed by atoms with Crippen molar-refractivity contribution in [3.8, 4) is 22.3 Å². The van der Waals surface area contributed by atoms with Gasteiger partial charge in [-0.15, -0.1) is 11.3 Å². The van der Waals surface area contributed by atoms with Crippen LogP contribution in [0.4, 0.5) is 34.1 Å². The predicted molar refractivity (Wildman–Crippen MR) is 381 cm³/mol. The Morgan fingerprint density at radius 3 is 1.29 bits per heavy atom. The van der Waals surface area contributed by atoms with Gasteiger partial charge in [0.25, 0.3) is 0 Å². The van der Waals surface area contributed by atoms with Crippen molar-refractivity contribution in [1.29, 1.82) is 0 Å². The fourth-order valence-electron chi connectivity index (χ4n) is 18.8. The van der Waals surface area contributed by atoms with Gasteiger partial charge in [-0.1, -0.05) is 216 Å². The molecule has 5 heteroatoms. The van der Waals surface area contributed by atoms with E-state index in [1.54, 1.807) is 27.1 Å². The van der Waals surface area contributed by atoms with E-state index in [0.29, 0.717) is 11.8 Å². The van der Waals surface area contributed by atoms with E-state index in [2.05, 4.69) is 264 Å². The van der Waals surface area contributed by atoms with Crippen LogP contribution in [0.1, 0.15) is 162 Å². The molecular weight excluding hydrogens is 1090 g/mol. The monoisotopic (exact) mass is 1180 g/mol. The summed E-state index contributed by atoms with van der Waals surface area (Å²) in [6.45, 7) is 33.5. The van der Waals surface area contributed by atoms with Gasteiger partial charge in [0.2, 0.25) is 0 Å². The van der Waals surface area contributed by atoms with Crippen LogP contribution in [0.5, 0.6) is 0 Å². The highest BCUT2D eigenvalue weighted by atomic mass is 32.1. The molecule has 1 aromatic heterocycles. The summed E-state index contributed by atoms with van der Waals surface area (Å²) in [5.41, 5.74) is 22.4. The summed E-state index contributed by atoms with van der Waals surface area (Å²) < 4.78 is 2.78. The van der Waals surface area contributed by atoms with Crippen molar-refractivity contribution >= 4 is 92.2 Å². The second kappa shape index (κ2) is 20.8. The Balaban J connectivity index is 0.909. The minimum Gasteiger partial charge on any atom is -0.310 e. The second-order valence-electron chi connectivity index (χ2n) is 30.2. The summed E-state index contributed by atoms with van der Waals surface area (Å²) >= 11 is 2.01. The zero-order chi connectivity index (χ0) is 60.0. The summed E-state index contributed by atoms with van der Waals surface area (Å²) in [5.74, 6) is 3.03. The smallest absolute Gasteiger partial charge is 0.0859 e. The number of thiophene rings is 1. The van der Waals surface area contributed by atoms with Gasteiger partial charge in [0.05, 0.1) is 16.1 Å². The molecule has 0 amide bonds. The van der Waals surface area contributed by atoms with Gasteiger partial charge in [-0.3, -0.25) is 0 Å². The number of anilines is 6. The summed E-state index contributed by atoms with van der Waals surface area (Å²) in [7, 11) is -3.08. The highest BCUT2D eigenvalue weighted by Gasteiger charge is 2.63. The largest absolute Gasteiger partial charge is 0.310 e. The Kier molecular flexibility index (Phi) is 14.0. The first kappa shape index (κ1) is 57.7. The van der Waals surface area contributed by atoms with Gasteiger partial charge < -0.3 is 9.80 Å². The summed E-state index contributed by atoms with van der Waals surface area (Å²) in [6.07, 6.45) is 6.90. The number of hydrogen-bond acceptors (Lipinski definition) is 3. The summed E-state index contributed by atoms with van der Waals surface area (Å²) in [5, 5.41) is 6.03. The Labute approximate surface area is 522 Å². The normalized spacial score (nSPS) is 20.9. The number of benzene rings is 8. The molecule has 0 saturated heterocycles. The number of hydrogen-bond donors (Lipinski definition) is 0. The van der Waals surface area contributed by atoms with Crippen LogP contribution >= 0.6 is 11.3 Å². The van der Waals surface area contributed by atoms with Crippen LogP contribution in [0, 0.1) is 23.7 Å². The van der Waals surface area contributed by atoms with Gasteiger partial charge in [0.15, 0.2) is 0 Å². The Bertz CT molecular complexity index is 4020. The SMILES string of the molecule is CC[Si](CC)(CC)c1ccc(N(c2ccc(C(C)(C)C)cc2)c2ccc3c(c2)C(C)(C)c2ccc4c(c2-3)C2(c3cc5c(cc3-4)sc3cc(N(c4ccc(C(C)(C)C)cc4)c4ccc([Si](CC)(CC)CC)cc4)ccc35)C3CC4CC(C3)CC2C4)cc1. The first-order chi connectivity index (χ1) is 41.2. The molecule has 4 saturated carbocycles. The fraction of sp³-hybridized carbons (Fsp3) is 0.407. The van der Waals surface area contributed by atoms with Crippen molar-refractivity contribution in [1.82, 2.24) is 0 Å². The molecule has 0 N–H and O–H groups in total. The molecule has 1 heterocycles. The third-order valence-corrected chi connectivity index (χ3v) is 36.4. The van der Waals surface area contributed by atoms with E-state index < -0.39 is 16.1 Å². The standard InChI is InChI=1S/C81H94N2SSi2/c1-15-85(16-2,17-3)64-35-29-60(30-36-64)82(58-25-21-54(22-26-58)78(7,8)9)62-34-40-68-72(48-62)80(13,14)71-42-41-67-69-51-75-70(50-73(69)81(77(67)76(68)71)56-44-52-43-53(46-56)47-57(81)45-52)66-39-33-63(49-74(66)84-75)83(59-27-23-55(24-28-59)79(10,11)12)61-31-37-65(38-32-61)86(18-4,19-5)20-6/h21-42,48-53,56-57H,15-20,43-47H2,1-14H3. The lowest BCUT2D eigenvalue weighted by molar-refractivity contribution is -0.0396. The van der Waals surface area contributed by atoms with Crippen LogP contribution in [0.15, 0.2) is 158 Å². The second-order valence-corrected chi connectivity index (χ2v) is 41.8. The maximum Gasteiger partial charge on any atom is 0.0859 e. The van der Waals surface area contributed by atoms with Crippen molar-refractivity contribution in [2.24, 2.45) is 23.7 Å². The van der Waals surface area contributed by atoms with E-state index in [4.69, 9.17) is 0 Å². The molecule has 8 aromatic carbocycles. The molecular formula is C81H94N2SSi2. The number of rotatable bonds is 14. The van der Waals surface area contributed by atoms with Crippen LogP contribution in [-0.2, 0) is 21.7 Å². The van der Waals surface area contributed by atoms with E-state index in [1.165, 1.54) is 162 Å². The molecule has 442 valence electrons. The highest BCUT2D eigenvalue weighted by Crippen LogP contribution is 2.72. The van der Waals surface area contributed by atoms with Crippen LogP contribution in [0.25, 0.3) is 42.4 Å². The number of nitrogens with zero attached hydrogens (tertiary/aromatic N) is 2. The van der Waals surface area contributed by atoms with Crippen molar-refractivity contribution in [2.45, 2.75) is 187 Å². The van der Waals surface area contributed by atoms with Crippen LogP contribution in [0.3, 0.4) is 0 Å². The molecule has 0 unspecified atom stereocenters. The maximum atomic E-state index is 2.77. The molecule has 4 bridgehead atoms. The Hall–Kier alpha value is -5.99. The lowest BCUT2D eigenvalue weighted by Crippen LogP contribution is -2.55. The molecule has 2 nitrogen and oxygen atoms in total. The van der Waals surface area contributed by atoms with Crippen LogP contribution in [-0.4, -0.2) is 16.1 Å². The van der Waals surface area contributed by atoms with E-state index in [9.17, 15) is 0 Å². The van der Waals surface area contributed by atoms with E-state index >= 15 is 0 Å². The zero-order valence-electron chi connectivity index (χ0n) is 54.4. The topological polar surface area (TPSA) is 6.48 Å². The van der Waals surface area contributed by atoms with Gasteiger partial charge in [0, 0.05) is 65.1 Å². The molecule has 15 rings (SSSR count). The number of fused-ring (bicyclic) bond motifs is 10. The molecule has 0 atom stereocenters. The van der Waals surface area contributed by atoms with E-state index in [1.807, 2.05) is 11.3 Å². The van der Waals surface area contributed by atoms with Gasteiger partial charge in [-0.05, 0) is 207 Å². The van der Waals surface area contributed by atoms with Gasteiger partial charge in [-0.2, -0.15) is 0 Å². The van der Waals surface area contributed by atoms with Crippen LogP contribution in [0.2, 0.25) is 36.3 Å². The average Bonchev–Trinajstić information content (AvgIpc) is 1.47. The highest BCUT2D eigenvalue weighted by molar-refractivity contribution is 7.25. The first-order valence-electron chi connectivity index (χ1n) is 33.6. The fourth-order valence-corrected chi connectivity index (χ4v) is 27.2.